The van der Waals surface area contributed by atoms with E-state index in [1.165, 1.54) is 30.3 Å². The van der Waals surface area contributed by atoms with Crippen LogP contribution in [0.2, 0.25) is 0 Å². The Labute approximate surface area is 199 Å². The molecule has 1 unspecified atom stereocenters. The van der Waals surface area contributed by atoms with Crippen LogP contribution >= 0.6 is 23.7 Å². The van der Waals surface area contributed by atoms with Crippen molar-refractivity contribution in [2.45, 2.75) is 60.9 Å². The summed E-state index contributed by atoms with van der Waals surface area (Å²) >= 11 is 3.21. The number of thioether (sulfide) groups is 1. The number of carboxylic acid groups (broad SMARTS) is 1. The summed E-state index contributed by atoms with van der Waals surface area (Å²) in [5, 5.41) is 8.80. The topological polar surface area (TPSA) is 56.3 Å². The molecule has 9 heteroatoms. The van der Waals surface area contributed by atoms with Crippen LogP contribution < -0.4 is 9.64 Å². The summed E-state index contributed by atoms with van der Waals surface area (Å²) in [5.41, 5.74) is 1.19. The number of ether oxygens (including phenoxy) is 1. The molecular weight excluding hydrogens is 449 g/mol. The van der Waals surface area contributed by atoms with Crippen LogP contribution in [0.4, 0.5) is 10.1 Å². The van der Waals surface area contributed by atoms with Crippen LogP contribution in [0.15, 0.2) is 34.0 Å². The number of nitrogens with zero attached hydrogens (tertiary/aromatic N) is 3. The molecule has 1 atom stereocenters. The van der Waals surface area contributed by atoms with Crippen LogP contribution in [0.5, 0.6) is 5.75 Å². The van der Waals surface area contributed by atoms with Crippen molar-refractivity contribution in [3.8, 4) is 5.75 Å². The second-order valence-electron chi connectivity index (χ2n) is 8.48. The molecular formula is C23H34FN3O3S2. The molecule has 0 bridgehead atoms. The highest BCUT2D eigenvalue weighted by atomic mass is 32.2. The highest BCUT2D eigenvalue weighted by Crippen LogP contribution is 2.45. The monoisotopic (exact) mass is 483 g/mol. The fraction of sp³-hybridized carbons (Fsp3) is 0.609. The van der Waals surface area contributed by atoms with Gasteiger partial charge in [0.05, 0.1) is 15.5 Å². The molecule has 1 saturated heterocycles. The fourth-order valence-electron chi connectivity index (χ4n) is 4.28. The smallest absolute Gasteiger partial charge is 0.368 e. The summed E-state index contributed by atoms with van der Waals surface area (Å²) < 4.78 is 21.3. The summed E-state index contributed by atoms with van der Waals surface area (Å²) in [4.78, 5) is 17.7. The normalized spacial score (nSPS) is 21.3. The minimum atomic E-state index is -1.63. The van der Waals surface area contributed by atoms with Gasteiger partial charge in [0.25, 0.3) is 0 Å². The highest BCUT2D eigenvalue weighted by molar-refractivity contribution is 7.98. The van der Waals surface area contributed by atoms with E-state index < -0.39 is 11.8 Å². The summed E-state index contributed by atoms with van der Waals surface area (Å²) in [6.07, 6.45) is 8.39. The number of likely N-dealkylation sites (N-methyl/N-ethyl adjacent to an activating group) is 1. The van der Waals surface area contributed by atoms with Crippen molar-refractivity contribution in [3.05, 3.63) is 24.2 Å². The Kier molecular flexibility index (Phi) is 9.16. The first-order chi connectivity index (χ1) is 15.3. The number of likely N-dealkylation sites (tertiary alicyclic amines) is 1. The minimum Gasteiger partial charge on any atom is -0.476 e. The average Bonchev–Trinajstić information content (AvgIpc) is 2.91. The zero-order chi connectivity index (χ0) is 23.3. The lowest BCUT2D eigenvalue weighted by Gasteiger charge is -2.40. The third kappa shape index (κ3) is 6.12. The average molecular weight is 484 g/mol. The summed E-state index contributed by atoms with van der Waals surface area (Å²) in [6.45, 7) is 5.39. The van der Waals surface area contributed by atoms with Crippen molar-refractivity contribution < 1.29 is 19.0 Å². The first-order valence-corrected chi connectivity index (χ1v) is 13.2. The lowest BCUT2D eigenvalue weighted by Crippen LogP contribution is -2.48. The van der Waals surface area contributed by atoms with Gasteiger partial charge in [-0.05, 0) is 76.8 Å². The zero-order valence-corrected chi connectivity index (χ0v) is 21.0. The molecule has 0 radical (unpaired) electrons. The zero-order valence-electron chi connectivity index (χ0n) is 19.3. The lowest BCUT2D eigenvalue weighted by atomic mass is 10.0. The maximum Gasteiger partial charge on any atom is 0.368 e. The molecule has 2 aliphatic rings. The number of hydrogen-bond acceptors (Lipinski definition) is 7. The number of halogens is 1. The van der Waals surface area contributed by atoms with Crippen molar-refractivity contribution in [1.29, 1.82) is 0 Å². The van der Waals surface area contributed by atoms with Crippen molar-refractivity contribution in [2.75, 3.05) is 44.9 Å². The number of benzene rings is 1. The van der Waals surface area contributed by atoms with Crippen LogP contribution in [0.3, 0.4) is 0 Å². The third-order valence-corrected chi connectivity index (χ3v) is 8.10. The quantitative estimate of drug-likeness (QED) is 0.237. The van der Waals surface area contributed by atoms with Crippen molar-refractivity contribution >= 4 is 35.4 Å². The Morgan fingerprint density at radius 3 is 2.69 bits per heavy atom. The number of anilines is 1. The second kappa shape index (κ2) is 11.6. The van der Waals surface area contributed by atoms with Crippen LogP contribution in [-0.2, 0) is 4.79 Å². The standard InChI is InChI=1S/C23H34FN3O3S2/c1-5-6-7-17-14-27(16-8-10-25(2)11-9-16)19-12-22(31-4)20(13-21(19)32-26(17)3)30-15-18(24)23(28)29/h12-13,15-17H,5-11,14H2,1-4H3,(H,28,29)/b18-15-. The molecule has 1 N–H and O–H groups in total. The Morgan fingerprint density at radius 1 is 1.34 bits per heavy atom. The molecule has 3 rings (SSSR count). The predicted octanol–water partition coefficient (Wildman–Crippen LogP) is 5.09. The van der Waals surface area contributed by atoms with Gasteiger partial charge in [-0.1, -0.05) is 19.8 Å². The highest BCUT2D eigenvalue weighted by Gasteiger charge is 2.32. The van der Waals surface area contributed by atoms with Gasteiger partial charge in [-0.15, -0.1) is 11.8 Å². The van der Waals surface area contributed by atoms with Gasteiger partial charge in [0.15, 0.2) is 0 Å². The molecule has 0 amide bonds. The van der Waals surface area contributed by atoms with E-state index in [0.29, 0.717) is 24.1 Å². The van der Waals surface area contributed by atoms with E-state index in [2.05, 4.69) is 41.2 Å². The van der Waals surface area contributed by atoms with E-state index >= 15 is 0 Å². The van der Waals surface area contributed by atoms with Crippen LogP contribution in [-0.4, -0.2) is 72.4 Å². The van der Waals surface area contributed by atoms with E-state index in [0.717, 1.165) is 48.7 Å². The van der Waals surface area contributed by atoms with Gasteiger partial charge in [0, 0.05) is 18.6 Å². The maximum atomic E-state index is 13.5. The van der Waals surface area contributed by atoms with Crippen molar-refractivity contribution in [2.24, 2.45) is 0 Å². The molecule has 1 aromatic rings. The number of unbranched alkanes of at least 4 members (excludes halogenated alkanes) is 1. The Bertz CT molecular complexity index is 831. The van der Waals surface area contributed by atoms with Gasteiger partial charge < -0.3 is 19.6 Å². The molecule has 1 aromatic carbocycles. The fourth-order valence-corrected chi connectivity index (χ4v) is 5.88. The van der Waals surface area contributed by atoms with E-state index in [1.54, 1.807) is 11.9 Å². The molecule has 178 valence electrons. The molecule has 0 aliphatic carbocycles. The molecule has 0 saturated carbocycles. The Hall–Kier alpha value is -1.42. The summed E-state index contributed by atoms with van der Waals surface area (Å²) in [6, 6.07) is 4.96. The van der Waals surface area contributed by atoms with Gasteiger partial charge in [0.1, 0.15) is 12.0 Å². The van der Waals surface area contributed by atoms with Crippen molar-refractivity contribution in [3.63, 3.8) is 0 Å². The van der Waals surface area contributed by atoms with Crippen LogP contribution in [0.1, 0.15) is 39.0 Å². The van der Waals surface area contributed by atoms with E-state index in [4.69, 9.17) is 9.84 Å². The number of rotatable bonds is 8. The van der Waals surface area contributed by atoms with Gasteiger partial charge in [-0.25, -0.2) is 9.10 Å². The second-order valence-corrected chi connectivity index (χ2v) is 10.5. The molecule has 0 aromatic heterocycles. The SMILES string of the molecule is CCCCC1CN(C2CCN(C)CC2)c2cc(SC)c(O/C=C(\F)C(=O)O)cc2SN1C. The van der Waals surface area contributed by atoms with Gasteiger partial charge in [-0.3, -0.25) is 0 Å². The number of aliphatic carboxylic acids is 1. The van der Waals surface area contributed by atoms with E-state index in [9.17, 15) is 9.18 Å². The predicted molar refractivity (Wildman–Crippen MR) is 130 cm³/mol. The molecule has 2 heterocycles. The molecule has 0 spiro atoms. The Balaban J connectivity index is 1.98. The van der Waals surface area contributed by atoms with E-state index in [-0.39, 0.29) is 0 Å². The number of hydrogen-bond donors (Lipinski definition) is 1. The van der Waals surface area contributed by atoms with Crippen molar-refractivity contribution in [1.82, 2.24) is 9.21 Å². The van der Waals surface area contributed by atoms with E-state index in [1.807, 2.05) is 12.3 Å². The summed E-state index contributed by atoms with van der Waals surface area (Å²) in [7, 11) is 4.32. The molecule has 32 heavy (non-hydrogen) atoms. The lowest BCUT2D eigenvalue weighted by molar-refractivity contribution is -0.134. The number of piperidine rings is 1. The maximum absolute atomic E-state index is 13.5. The minimum absolute atomic E-state index is 0.429. The summed E-state index contributed by atoms with van der Waals surface area (Å²) in [5.74, 6) is -2.47. The Morgan fingerprint density at radius 2 is 2.06 bits per heavy atom. The molecule has 2 aliphatic heterocycles. The van der Waals surface area contributed by atoms with Gasteiger partial charge in [0.2, 0.25) is 5.83 Å². The third-order valence-electron chi connectivity index (χ3n) is 6.23. The van der Waals surface area contributed by atoms with Crippen LogP contribution in [0.25, 0.3) is 0 Å². The largest absolute Gasteiger partial charge is 0.476 e. The van der Waals surface area contributed by atoms with Crippen LogP contribution in [0, 0.1) is 0 Å². The number of carboxylic acids is 1. The first-order valence-electron chi connectivity index (χ1n) is 11.2. The first kappa shape index (κ1) is 25.2. The number of carbonyl (C=O) groups is 1. The number of fused-ring (bicyclic) bond motifs is 1. The van der Waals surface area contributed by atoms with Gasteiger partial charge >= 0.3 is 5.97 Å². The molecule has 1 fully saturated rings. The molecule has 6 nitrogen and oxygen atoms in total. The van der Waals surface area contributed by atoms with Gasteiger partial charge in [-0.2, -0.15) is 4.39 Å².